The molecule has 0 unspecified atom stereocenters. The van der Waals surface area contributed by atoms with Crippen LogP contribution in [0.4, 0.5) is 0 Å². The van der Waals surface area contributed by atoms with E-state index in [1.807, 2.05) is 19.1 Å². The van der Waals surface area contributed by atoms with Crippen molar-refractivity contribution in [3.8, 4) is 0 Å². The summed E-state index contributed by atoms with van der Waals surface area (Å²) in [5.74, 6) is -0.318. The summed E-state index contributed by atoms with van der Waals surface area (Å²) in [7, 11) is 1.38. The molecule has 0 fully saturated rings. The van der Waals surface area contributed by atoms with Crippen LogP contribution < -0.4 is 0 Å². The molecule has 0 aromatic heterocycles. The second-order valence-electron chi connectivity index (χ2n) is 4.60. The quantitative estimate of drug-likeness (QED) is 0.302. The lowest BCUT2D eigenvalue weighted by Gasteiger charge is -1.97. The maximum atomic E-state index is 11.0. The SMILES string of the molecule is COC(=O)\C=C(C)/C=C/C=C(\C)CCC=C(C)C. The number of rotatable bonds is 6. The molecule has 0 radical (unpaired) electrons. The number of methoxy groups -OCH3 is 1. The molecule has 0 aliphatic heterocycles. The predicted octanol–water partition coefficient (Wildman–Crippen LogP) is 4.35. The Hall–Kier alpha value is -1.57. The first-order chi connectivity index (χ1) is 8.45. The Bertz CT molecular complexity index is 378. The third-order valence-electron chi connectivity index (χ3n) is 2.38. The molecule has 0 saturated carbocycles. The molecule has 2 heteroatoms. The van der Waals surface area contributed by atoms with Crippen LogP contribution in [0.25, 0.3) is 0 Å². The molecular formula is C16H24O2. The van der Waals surface area contributed by atoms with E-state index in [2.05, 4.69) is 37.7 Å². The zero-order valence-corrected chi connectivity index (χ0v) is 12.1. The number of ether oxygens (including phenoxy) is 1. The van der Waals surface area contributed by atoms with Crippen LogP contribution in [0.2, 0.25) is 0 Å². The summed E-state index contributed by atoms with van der Waals surface area (Å²) in [6, 6.07) is 0. The van der Waals surface area contributed by atoms with E-state index in [-0.39, 0.29) is 5.97 Å². The van der Waals surface area contributed by atoms with Gasteiger partial charge in [0.15, 0.2) is 0 Å². The van der Waals surface area contributed by atoms with E-state index in [1.165, 1.54) is 24.3 Å². The lowest BCUT2D eigenvalue weighted by atomic mass is 10.1. The Morgan fingerprint density at radius 1 is 1.17 bits per heavy atom. The van der Waals surface area contributed by atoms with Gasteiger partial charge >= 0.3 is 5.97 Å². The molecule has 0 heterocycles. The minimum absolute atomic E-state index is 0.318. The smallest absolute Gasteiger partial charge is 0.330 e. The van der Waals surface area contributed by atoms with Crippen molar-refractivity contribution >= 4 is 5.97 Å². The summed E-state index contributed by atoms with van der Waals surface area (Å²) in [6.45, 7) is 8.21. The molecule has 0 aliphatic rings. The number of hydrogen-bond acceptors (Lipinski definition) is 2. The Kier molecular flexibility index (Phi) is 8.63. The maximum absolute atomic E-state index is 11.0. The molecule has 2 nitrogen and oxygen atoms in total. The number of carbonyl (C=O) groups excluding carboxylic acids is 1. The van der Waals surface area contributed by atoms with E-state index in [0.717, 1.165) is 18.4 Å². The Labute approximate surface area is 111 Å². The summed E-state index contributed by atoms with van der Waals surface area (Å²) in [6.07, 6.45) is 11.8. The van der Waals surface area contributed by atoms with Gasteiger partial charge in [-0.15, -0.1) is 0 Å². The van der Waals surface area contributed by atoms with Gasteiger partial charge in [-0.3, -0.25) is 0 Å². The summed E-state index contributed by atoms with van der Waals surface area (Å²) >= 11 is 0. The largest absolute Gasteiger partial charge is 0.466 e. The summed E-state index contributed by atoms with van der Waals surface area (Å²) in [5, 5.41) is 0. The van der Waals surface area contributed by atoms with Gasteiger partial charge in [-0.1, -0.05) is 35.5 Å². The third kappa shape index (κ3) is 9.64. The molecule has 0 N–H and O–H groups in total. The monoisotopic (exact) mass is 248 g/mol. The van der Waals surface area contributed by atoms with Crippen molar-refractivity contribution in [2.75, 3.05) is 7.11 Å². The summed E-state index contributed by atoms with van der Waals surface area (Å²) in [4.78, 5) is 11.0. The van der Waals surface area contributed by atoms with Crippen LogP contribution in [0.5, 0.6) is 0 Å². The molecule has 0 atom stereocenters. The van der Waals surface area contributed by atoms with Gasteiger partial charge in [0.1, 0.15) is 0 Å². The van der Waals surface area contributed by atoms with Gasteiger partial charge in [-0.2, -0.15) is 0 Å². The van der Waals surface area contributed by atoms with Crippen molar-refractivity contribution in [2.45, 2.75) is 40.5 Å². The highest BCUT2D eigenvalue weighted by molar-refractivity contribution is 5.83. The highest BCUT2D eigenvalue weighted by Crippen LogP contribution is 2.07. The van der Waals surface area contributed by atoms with E-state index < -0.39 is 0 Å². The second-order valence-corrected chi connectivity index (χ2v) is 4.60. The number of carbonyl (C=O) groups is 1. The number of esters is 1. The van der Waals surface area contributed by atoms with E-state index in [0.29, 0.717) is 0 Å². The van der Waals surface area contributed by atoms with E-state index in [9.17, 15) is 4.79 Å². The van der Waals surface area contributed by atoms with Gasteiger partial charge in [0.05, 0.1) is 7.11 Å². The van der Waals surface area contributed by atoms with Gasteiger partial charge in [0.2, 0.25) is 0 Å². The van der Waals surface area contributed by atoms with E-state index >= 15 is 0 Å². The van der Waals surface area contributed by atoms with Gasteiger partial charge in [0, 0.05) is 6.08 Å². The van der Waals surface area contributed by atoms with Gasteiger partial charge < -0.3 is 4.74 Å². The summed E-state index contributed by atoms with van der Waals surface area (Å²) in [5.41, 5.74) is 3.57. The highest BCUT2D eigenvalue weighted by Gasteiger charge is 1.92. The van der Waals surface area contributed by atoms with Crippen molar-refractivity contribution in [2.24, 2.45) is 0 Å². The van der Waals surface area contributed by atoms with Crippen molar-refractivity contribution in [1.82, 2.24) is 0 Å². The Morgan fingerprint density at radius 3 is 2.39 bits per heavy atom. The molecule has 0 aromatic rings. The molecule has 18 heavy (non-hydrogen) atoms. The molecule has 0 bridgehead atoms. The normalized spacial score (nSPS) is 12.7. The first kappa shape index (κ1) is 16.4. The molecule has 100 valence electrons. The summed E-state index contributed by atoms with van der Waals surface area (Å²) < 4.78 is 4.55. The van der Waals surface area contributed by atoms with Crippen molar-refractivity contribution in [1.29, 1.82) is 0 Å². The van der Waals surface area contributed by atoms with Crippen LogP contribution in [0.3, 0.4) is 0 Å². The van der Waals surface area contributed by atoms with Crippen LogP contribution in [0.15, 0.2) is 47.1 Å². The van der Waals surface area contributed by atoms with Crippen LogP contribution in [-0.4, -0.2) is 13.1 Å². The Morgan fingerprint density at radius 2 is 1.83 bits per heavy atom. The first-order valence-corrected chi connectivity index (χ1v) is 6.19. The van der Waals surface area contributed by atoms with Crippen molar-refractivity contribution in [3.63, 3.8) is 0 Å². The van der Waals surface area contributed by atoms with Crippen molar-refractivity contribution < 1.29 is 9.53 Å². The van der Waals surface area contributed by atoms with Crippen molar-refractivity contribution in [3.05, 3.63) is 47.1 Å². The minimum Gasteiger partial charge on any atom is -0.466 e. The van der Waals surface area contributed by atoms with Crippen LogP contribution >= 0.6 is 0 Å². The zero-order chi connectivity index (χ0) is 14.0. The number of allylic oxidation sites excluding steroid dienone is 7. The van der Waals surface area contributed by atoms with E-state index in [4.69, 9.17) is 0 Å². The van der Waals surface area contributed by atoms with Gasteiger partial charge in [-0.25, -0.2) is 4.79 Å². The average molecular weight is 248 g/mol. The average Bonchev–Trinajstić information content (AvgIpc) is 2.28. The van der Waals surface area contributed by atoms with Crippen LogP contribution in [0.1, 0.15) is 40.5 Å². The molecule has 0 aromatic carbocycles. The minimum atomic E-state index is -0.318. The maximum Gasteiger partial charge on any atom is 0.330 e. The molecule has 0 saturated heterocycles. The Balaban J connectivity index is 4.24. The lowest BCUT2D eigenvalue weighted by Crippen LogP contribution is -1.94. The number of hydrogen-bond donors (Lipinski definition) is 0. The van der Waals surface area contributed by atoms with E-state index in [1.54, 1.807) is 0 Å². The topological polar surface area (TPSA) is 26.3 Å². The third-order valence-corrected chi connectivity index (χ3v) is 2.38. The fraction of sp³-hybridized carbons (Fsp3) is 0.438. The standard InChI is InChI=1S/C16H24O2/c1-13(2)8-6-9-14(3)10-7-11-15(4)12-16(17)18-5/h7-8,10-12H,6,9H2,1-5H3/b11-7+,14-10+,15-12-. The molecule has 0 aliphatic carbocycles. The van der Waals surface area contributed by atoms with Crippen LogP contribution in [-0.2, 0) is 9.53 Å². The fourth-order valence-electron chi connectivity index (χ4n) is 1.33. The fourth-order valence-corrected chi connectivity index (χ4v) is 1.33. The first-order valence-electron chi connectivity index (χ1n) is 6.19. The highest BCUT2D eigenvalue weighted by atomic mass is 16.5. The van der Waals surface area contributed by atoms with Gasteiger partial charge in [-0.05, 0) is 46.1 Å². The molecule has 0 spiro atoms. The molecule has 0 rings (SSSR count). The lowest BCUT2D eigenvalue weighted by molar-refractivity contribution is -0.134. The van der Waals surface area contributed by atoms with Crippen LogP contribution in [0, 0.1) is 0 Å². The second kappa shape index (κ2) is 9.46. The van der Waals surface area contributed by atoms with Gasteiger partial charge in [0.25, 0.3) is 0 Å². The zero-order valence-electron chi connectivity index (χ0n) is 12.1. The molecular weight excluding hydrogens is 224 g/mol. The predicted molar refractivity (Wildman–Crippen MR) is 77.3 cm³/mol. The molecule has 0 amide bonds.